The van der Waals surface area contributed by atoms with Crippen LogP contribution in [0.15, 0.2) is 30.3 Å². The van der Waals surface area contributed by atoms with E-state index in [4.69, 9.17) is 18.9 Å². The molecule has 3 rings (SSSR count). The Morgan fingerprint density at radius 1 is 0.968 bits per heavy atom. The molecule has 0 saturated carbocycles. The van der Waals surface area contributed by atoms with Crippen LogP contribution < -0.4 is 23.8 Å². The molecule has 0 bridgehead atoms. The van der Waals surface area contributed by atoms with Crippen LogP contribution >= 0.6 is 0 Å². The Bertz CT molecular complexity index is 1110. The third-order valence-corrected chi connectivity index (χ3v) is 5.26. The van der Waals surface area contributed by atoms with Crippen LogP contribution in [0.4, 0.5) is 5.69 Å². The molecule has 0 saturated heterocycles. The average Bonchev–Trinajstić information content (AvgIpc) is 3.09. The van der Waals surface area contributed by atoms with E-state index in [2.05, 4.69) is 0 Å². The van der Waals surface area contributed by atoms with E-state index >= 15 is 0 Å². The molecule has 3 aromatic rings. The number of nitrogens with zero attached hydrogens (tertiary/aromatic N) is 2. The second kappa shape index (κ2) is 8.99. The fraction of sp³-hybridized carbons (Fsp3) is 0.304. The molecule has 164 valence electrons. The molecule has 8 heteroatoms. The summed E-state index contributed by atoms with van der Waals surface area (Å²) < 4.78 is 23.2. The van der Waals surface area contributed by atoms with Crippen LogP contribution in [-0.4, -0.2) is 51.9 Å². The van der Waals surface area contributed by atoms with E-state index in [1.807, 2.05) is 13.0 Å². The Labute approximate surface area is 180 Å². The van der Waals surface area contributed by atoms with Crippen molar-refractivity contribution in [1.29, 1.82) is 0 Å². The molecule has 0 atom stereocenters. The first kappa shape index (κ1) is 22.0. The molecule has 0 fully saturated rings. The number of anilines is 1. The molecular formula is C23H26N2O6. The maximum Gasteiger partial charge on any atom is 0.270 e. The van der Waals surface area contributed by atoms with Gasteiger partial charge in [0, 0.05) is 29.8 Å². The smallest absolute Gasteiger partial charge is 0.270 e. The van der Waals surface area contributed by atoms with E-state index < -0.39 is 0 Å². The fourth-order valence-electron chi connectivity index (χ4n) is 3.75. The van der Waals surface area contributed by atoms with Crippen LogP contribution in [0, 0.1) is 6.92 Å². The summed E-state index contributed by atoms with van der Waals surface area (Å²) in [5, 5.41) is 0.727. The number of amides is 1. The number of carbonyl (C=O) groups is 2. The molecule has 0 radical (unpaired) electrons. The van der Waals surface area contributed by atoms with Gasteiger partial charge in [0.2, 0.25) is 6.41 Å². The fourth-order valence-corrected chi connectivity index (χ4v) is 3.75. The minimum Gasteiger partial charge on any atom is -0.497 e. The van der Waals surface area contributed by atoms with E-state index in [-0.39, 0.29) is 11.5 Å². The topological polar surface area (TPSA) is 79.2 Å². The highest BCUT2D eigenvalue weighted by atomic mass is 16.5. The van der Waals surface area contributed by atoms with E-state index in [0.717, 1.165) is 11.8 Å². The maximum absolute atomic E-state index is 13.8. The molecular weight excluding hydrogens is 400 g/mol. The van der Waals surface area contributed by atoms with Gasteiger partial charge in [-0.1, -0.05) is 0 Å². The van der Waals surface area contributed by atoms with Gasteiger partial charge in [-0.3, -0.25) is 14.2 Å². The zero-order chi connectivity index (χ0) is 22.7. The standard InChI is InChI=1S/C23H26N2O6/c1-7-24(13-26)22-14(2)25(18-9-8-15(28-3)10-17(18)22)23(27)21-19(30-5)11-16(29-4)12-20(21)31-6/h8-13H,7H2,1-6H3. The average molecular weight is 426 g/mol. The summed E-state index contributed by atoms with van der Waals surface area (Å²) in [6.45, 7) is 4.12. The zero-order valence-corrected chi connectivity index (χ0v) is 18.5. The summed E-state index contributed by atoms with van der Waals surface area (Å²) in [5.41, 5.74) is 2.15. The van der Waals surface area contributed by atoms with Crippen molar-refractivity contribution in [3.8, 4) is 23.0 Å². The molecule has 0 N–H and O–H groups in total. The second-order valence-electron chi connectivity index (χ2n) is 6.76. The molecule has 1 aromatic heterocycles. The van der Waals surface area contributed by atoms with Crippen molar-refractivity contribution in [2.24, 2.45) is 0 Å². The highest BCUT2D eigenvalue weighted by molar-refractivity contribution is 6.11. The number of benzene rings is 2. The summed E-state index contributed by atoms with van der Waals surface area (Å²) in [6.07, 6.45) is 0.755. The molecule has 31 heavy (non-hydrogen) atoms. The lowest BCUT2D eigenvalue weighted by atomic mass is 10.1. The van der Waals surface area contributed by atoms with Crippen LogP contribution in [0.2, 0.25) is 0 Å². The monoisotopic (exact) mass is 426 g/mol. The van der Waals surface area contributed by atoms with Crippen LogP contribution in [-0.2, 0) is 4.79 Å². The number of ether oxygens (including phenoxy) is 4. The van der Waals surface area contributed by atoms with E-state index in [1.54, 1.807) is 47.8 Å². The van der Waals surface area contributed by atoms with Crippen molar-refractivity contribution >= 4 is 28.9 Å². The van der Waals surface area contributed by atoms with Crippen molar-refractivity contribution in [2.45, 2.75) is 13.8 Å². The molecule has 0 aliphatic rings. The maximum atomic E-state index is 13.8. The molecule has 0 spiro atoms. The largest absolute Gasteiger partial charge is 0.497 e. The van der Waals surface area contributed by atoms with E-state index in [9.17, 15) is 9.59 Å². The summed E-state index contributed by atoms with van der Waals surface area (Å²) in [7, 11) is 6.05. The molecule has 1 amide bonds. The van der Waals surface area contributed by atoms with E-state index in [0.29, 0.717) is 46.4 Å². The van der Waals surface area contributed by atoms with Crippen LogP contribution in [0.3, 0.4) is 0 Å². The zero-order valence-electron chi connectivity index (χ0n) is 18.5. The number of hydrogen-bond donors (Lipinski definition) is 0. The summed E-state index contributed by atoms with van der Waals surface area (Å²) in [6, 6.07) is 8.64. The lowest BCUT2D eigenvalue weighted by molar-refractivity contribution is -0.107. The second-order valence-corrected chi connectivity index (χ2v) is 6.76. The van der Waals surface area contributed by atoms with Gasteiger partial charge in [0.25, 0.3) is 5.91 Å². The molecule has 8 nitrogen and oxygen atoms in total. The third kappa shape index (κ3) is 3.65. The Morgan fingerprint density at radius 2 is 1.58 bits per heavy atom. The van der Waals surface area contributed by atoms with Gasteiger partial charge in [0.1, 0.15) is 28.6 Å². The number of methoxy groups -OCH3 is 4. The molecule has 0 aliphatic carbocycles. The Hall–Kier alpha value is -3.68. The van der Waals surface area contributed by atoms with Gasteiger partial charge < -0.3 is 23.8 Å². The minimum absolute atomic E-state index is 0.252. The summed E-state index contributed by atoms with van der Waals surface area (Å²) >= 11 is 0. The summed E-state index contributed by atoms with van der Waals surface area (Å²) in [5.74, 6) is 1.42. The van der Waals surface area contributed by atoms with Gasteiger partial charge in [0.05, 0.1) is 39.6 Å². The van der Waals surface area contributed by atoms with Crippen LogP contribution in [0.25, 0.3) is 10.9 Å². The van der Waals surface area contributed by atoms with Gasteiger partial charge in [-0.05, 0) is 32.0 Å². The molecule has 0 unspecified atom stereocenters. The molecule has 0 aliphatic heterocycles. The minimum atomic E-state index is -0.350. The first-order chi connectivity index (χ1) is 14.9. The number of aromatic nitrogens is 1. The van der Waals surface area contributed by atoms with Crippen molar-refractivity contribution in [2.75, 3.05) is 39.9 Å². The van der Waals surface area contributed by atoms with Crippen LogP contribution in [0.5, 0.6) is 23.0 Å². The van der Waals surface area contributed by atoms with Crippen molar-refractivity contribution in [3.05, 3.63) is 41.6 Å². The van der Waals surface area contributed by atoms with Crippen molar-refractivity contribution in [1.82, 2.24) is 4.57 Å². The third-order valence-electron chi connectivity index (χ3n) is 5.26. The molecule has 1 heterocycles. The van der Waals surface area contributed by atoms with Gasteiger partial charge >= 0.3 is 0 Å². The highest BCUT2D eigenvalue weighted by Crippen LogP contribution is 2.39. The normalized spacial score (nSPS) is 10.6. The van der Waals surface area contributed by atoms with Crippen molar-refractivity contribution in [3.63, 3.8) is 0 Å². The van der Waals surface area contributed by atoms with Gasteiger partial charge in [-0.2, -0.15) is 0 Å². The van der Waals surface area contributed by atoms with Gasteiger partial charge in [-0.25, -0.2) is 0 Å². The van der Waals surface area contributed by atoms with Crippen molar-refractivity contribution < 1.29 is 28.5 Å². The number of rotatable bonds is 8. The van der Waals surface area contributed by atoms with Gasteiger partial charge in [-0.15, -0.1) is 0 Å². The predicted octanol–water partition coefficient (Wildman–Crippen LogP) is 3.66. The quantitative estimate of drug-likeness (QED) is 0.512. The Kier molecular flexibility index (Phi) is 6.39. The predicted molar refractivity (Wildman–Crippen MR) is 118 cm³/mol. The molecule has 2 aromatic carbocycles. The SMILES string of the molecule is CCN(C=O)c1c(C)n(C(=O)c2c(OC)cc(OC)cc2OC)c2ccc(OC)cc12. The van der Waals surface area contributed by atoms with Gasteiger partial charge in [0.15, 0.2) is 0 Å². The number of carbonyl (C=O) groups excluding carboxylic acids is 2. The lowest BCUT2D eigenvalue weighted by Crippen LogP contribution is -2.22. The lowest BCUT2D eigenvalue weighted by Gasteiger charge is -2.17. The summed E-state index contributed by atoms with van der Waals surface area (Å²) in [4.78, 5) is 27.1. The first-order valence-corrected chi connectivity index (χ1v) is 9.71. The van der Waals surface area contributed by atoms with Crippen LogP contribution in [0.1, 0.15) is 23.0 Å². The first-order valence-electron chi connectivity index (χ1n) is 9.71. The number of hydrogen-bond acceptors (Lipinski definition) is 6. The Balaban J connectivity index is 2.35. The number of fused-ring (bicyclic) bond motifs is 1. The van der Waals surface area contributed by atoms with E-state index in [1.165, 1.54) is 21.3 Å². The Morgan fingerprint density at radius 3 is 2.06 bits per heavy atom. The highest BCUT2D eigenvalue weighted by Gasteiger charge is 2.28.